The van der Waals surface area contributed by atoms with Crippen molar-refractivity contribution >= 4 is 0 Å². The Labute approximate surface area is 120 Å². The topological polar surface area (TPSA) is 6.48 Å². The monoisotopic (exact) mass is 266 g/mol. The molecule has 2 heteroatoms. The first kappa shape index (κ1) is 15.3. The van der Waals surface area contributed by atoms with Crippen molar-refractivity contribution in [2.45, 2.75) is 71.9 Å². The molecule has 0 aromatic rings. The van der Waals surface area contributed by atoms with Crippen molar-refractivity contribution in [3.05, 3.63) is 0 Å². The van der Waals surface area contributed by atoms with E-state index in [1.807, 2.05) is 0 Å². The minimum atomic E-state index is 0.359. The Morgan fingerprint density at radius 3 is 1.47 bits per heavy atom. The zero-order chi connectivity index (χ0) is 14.3. The molecule has 0 aromatic carbocycles. The van der Waals surface area contributed by atoms with Crippen LogP contribution in [0.1, 0.15) is 60.8 Å². The summed E-state index contributed by atoms with van der Waals surface area (Å²) in [6, 6.07) is 0. The molecule has 2 aliphatic heterocycles. The van der Waals surface area contributed by atoms with Crippen LogP contribution < -0.4 is 0 Å². The molecule has 0 saturated carbocycles. The molecule has 112 valence electrons. The Hall–Kier alpha value is -0.0800. The van der Waals surface area contributed by atoms with Crippen LogP contribution >= 0.6 is 0 Å². The molecule has 0 bridgehead atoms. The highest BCUT2D eigenvalue weighted by Gasteiger charge is 2.36. The summed E-state index contributed by atoms with van der Waals surface area (Å²) in [5.74, 6) is 1.94. The SMILES string of the molecule is CC(C)(C)N1CCC([C@@H]2CCN(C(C)(C)C)C2)CC1. The lowest BCUT2D eigenvalue weighted by Gasteiger charge is -2.42. The summed E-state index contributed by atoms with van der Waals surface area (Å²) < 4.78 is 0. The molecule has 2 heterocycles. The molecular formula is C17H34N2. The maximum Gasteiger partial charge on any atom is 0.0125 e. The van der Waals surface area contributed by atoms with E-state index in [4.69, 9.17) is 0 Å². The summed E-state index contributed by atoms with van der Waals surface area (Å²) in [4.78, 5) is 5.35. The van der Waals surface area contributed by atoms with E-state index in [0.29, 0.717) is 11.1 Å². The second kappa shape index (κ2) is 5.37. The Morgan fingerprint density at radius 1 is 0.632 bits per heavy atom. The first-order chi connectivity index (χ1) is 8.68. The van der Waals surface area contributed by atoms with E-state index < -0.39 is 0 Å². The van der Waals surface area contributed by atoms with Gasteiger partial charge in [0.1, 0.15) is 0 Å². The van der Waals surface area contributed by atoms with Crippen molar-refractivity contribution < 1.29 is 0 Å². The lowest BCUT2D eigenvalue weighted by Crippen LogP contribution is -2.47. The van der Waals surface area contributed by atoms with E-state index in [9.17, 15) is 0 Å². The van der Waals surface area contributed by atoms with Crippen molar-refractivity contribution in [3.8, 4) is 0 Å². The van der Waals surface area contributed by atoms with Crippen LogP contribution in [0.3, 0.4) is 0 Å². The van der Waals surface area contributed by atoms with E-state index in [-0.39, 0.29) is 0 Å². The standard InChI is InChI=1S/C17H34N2/c1-16(2,3)18-10-7-14(8-11-18)15-9-12-19(13-15)17(4,5)6/h14-15H,7-13H2,1-6H3/t15-/m1/s1. The van der Waals surface area contributed by atoms with Crippen molar-refractivity contribution in [1.29, 1.82) is 0 Å². The van der Waals surface area contributed by atoms with Gasteiger partial charge >= 0.3 is 0 Å². The lowest BCUT2D eigenvalue weighted by atomic mass is 9.82. The predicted molar refractivity (Wildman–Crippen MR) is 83.5 cm³/mol. The fourth-order valence-electron chi connectivity index (χ4n) is 3.82. The molecule has 19 heavy (non-hydrogen) atoms. The molecule has 2 saturated heterocycles. The van der Waals surface area contributed by atoms with Crippen LogP contribution in [0.15, 0.2) is 0 Å². The molecule has 2 nitrogen and oxygen atoms in total. The van der Waals surface area contributed by atoms with Crippen molar-refractivity contribution in [1.82, 2.24) is 9.80 Å². The molecule has 0 spiro atoms. The molecule has 0 unspecified atom stereocenters. The normalized spacial score (nSPS) is 29.1. The van der Waals surface area contributed by atoms with Crippen LogP contribution in [0.4, 0.5) is 0 Å². The number of piperidine rings is 1. The summed E-state index contributed by atoms with van der Waals surface area (Å²) in [6.07, 6.45) is 4.26. The number of hydrogen-bond donors (Lipinski definition) is 0. The fourth-order valence-corrected chi connectivity index (χ4v) is 3.82. The zero-order valence-electron chi connectivity index (χ0n) is 14.0. The first-order valence-corrected chi connectivity index (χ1v) is 8.18. The summed E-state index contributed by atoms with van der Waals surface area (Å²) >= 11 is 0. The second-order valence-corrected chi connectivity index (χ2v) is 8.66. The van der Waals surface area contributed by atoms with Gasteiger partial charge in [0.15, 0.2) is 0 Å². The van der Waals surface area contributed by atoms with Gasteiger partial charge in [0.05, 0.1) is 0 Å². The van der Waals surface area contributed by atoms with Gasteiger partial charge in [-0.2, -0.15) is 0 Å². The molecule has 0 radical (unpaired) electrons. The molecule has 2 fully saturated rings. The number of rotatable bonds is 1. The zero-order valence-corrected chi connectivity index (χ0v) is 14.0. The van der Waals surface area contributed by atoms with Gasteiger partial charge in [-0.1, -0.05) is 0 Å². The molecule has 0 N–H and O–H groups in total. The number of nitrogens with zero attached hydrogens (tertiary/aromatic N) is 2. The third kappa shape index (κ3) is 3.72. The lowest BCUT2D eigenvalue weighted by molar-refractivity contribution is 0.0683. The van der Waals surface area contributed by atoms with E-state index in [1.54, 1.807) is 0 Å². The van der Waals surface area contributed by atoms with Crippen molar-refractivity contribution in [3.63, 3.8) is 0 Å². The second-order valence-electron chi connectivity index (χ2n) is 8.66. The van der Waals surface area contributed by atoms with Gasteiger partial charge in [-0.3, -0.25) is 9.80 Å². The minimum absolute atomic E-state index is 0.359. The summed E-state index contributed by atoms with van der Waals surface area (Å²) in [7, 11) is 0. The molecule has 0 aliphatic carbocycles. The Balaban J connectivity index is 1.83. The summed E-state index contributed by atoms with van der Waals surface area (Å²) in [6.45, 7) is 19.4. The minimum Gasteiger partial charge on any atom is -0.298 e. The maximum atomic E-state index is 2.69. The smallest absolute Gasteiger partial charge is 0.0125 e. The van der Waals surface area contributed by atoms with Crippen molar-refractivity contribution in [2.75, 3.05) is 26.2 Å². The van der Waals surface area contributed by atoms with Crippen LogP contribution in [-0.2, 0) is 0 Å². The molecule has 0 amide bonds. The molecule has 2 rings (SSSR count). The molecular weight excluding hydrogens is 232 g/mol. The van der Waals surface area contributed by atoms with Gasteiger partial charge in [0.2, 0.25) is 0 Å². The van der Waals surface area contributed by atoms with E-state index in [1.165, 1.54) is 45.4 Å². The van der Waals surface area contributed by atoms with Gasteiger partial charge < -0.3 is 0 Å². The third-order valence-electron chi connectivity index (χ3n) is 5.33. The Morgan fingerprint density at radius 2 is 1.05 bits per heavy atom. The van der Waals surface area contributed by atoms with E-state index >= 15 is 0 Å². The van der Waals surface area contributed by atoms with Crippen LogP contribution in [-0.4, -0.2) is 47.1 Å². The maximum absolute atomic E-state index is 2.69. The van der Waals surface area contributed by atoms with Gasteiger partial charge in [-0.25, -0.2) is 0 Å². The van der Waals surface area contributed by atoms with Gasteiger partial charge in [0.25, 0.3) is 0 Å². The average Bonchev–Trinajstić information content (AvgIpc) is 2.77. The number of hydrogen-bond acceptors (Lipinski definition) is 2. The highest BCUT2D eigenvalue weighted by Crippen LogP contribution is 2.35. The van der Waals surface area contributed by atoms with Crippen LogP contribution in [0, 0.1) is 11.8 Å². The average molecular weight is 266 g/mol. The van der Waals surface area contributed by atoms with Gasteiger partial charge in [-0.15, -0.1) is 0 Å². The van der Waals surface area contributed by atoms with Crippen LogP contribution in [0.2, 0.25) is 0 Å². The fraction of sp³-hybridized carbons (Fsp3) is 1.00. The molecule has 1 atom stereocenters. The number of likely N-dealkylation sites (tertiary alicyclic amines) is 2. The van der Waals surface area contributed by atoms with Gasteiger partial charge in [-0.05, 0) is 92.3 Å². The molecule has 2 aliphatic rings. The van der Waals surface area contributed by atoms with E-state index in [0.717, 1.165) is 11.8 Å². The highest BCUT2D eigenvalue weighted by atomic mass is 15.2. The van der Waals surface area contributed by atoms with Crippen molar-refractivity contribution in [2.24, 2.45) is 11.8 Å². The largest absolute Gasteiger partial charge is 0.298 e. The highest BCUT2D eigenvalue weighted by molar-refractivity contribution is 4.90. The Kier molecular flexibility index (Phi) is 4.32. The van der Waals surface area contributed by atoms with E-state index in [2.05, 4.69) is 51.3 Å². The Bertz CT molecular complexity index is 289. The molecule has 0 aromatic heterocycles. The van der Waals surface area contributed by atoms with Gasteiger partial charge in [0, 0.05) is 17.6 Å². The third-order valence-corrected chi connectivity index (χ3v) is 5.33. The van der Waals surface area contributed by atoms with Crippen LogP contribution in [0.25, 0.3) is 0 Å². The summed E-state index contributed by atoms with van der Waals surface area (Å²) in [5, 5.41) is 0. The first-order valence-electron chi connectivity index (χ1n) is 8.18. The summed E-state index contributed by atoms with van der Waals surface area (Å²) in [5.41, 5.74) is 0.721. The quantitative estimate of drug-likeness (QED) is 0.715. The van der Waals surface area contributed by atoms with Crippen LogP contribution in [0.5, 0.6) is 0 Å². The predicted octanol–water partition coefficient (Wildman–Crippen LogP) is 3.62.